The minimum Gasteiger partial charge on any atom is -0.496 e. The quantitative estimate of drug-likeness (QED) is 0.798. The Morgan fingerprint density at radius 1 is 1.41 bits per heavy atom. The molecular formula is C13H21FN2O. The minimum atomic E-state index is -0.253. The molecule has 1 unspecified atom stereocenters. The van der Waals surface area contributed by atoms with Gasteiger partial charge in [-0.2, -0.15) is 0 Å². The van der Waals surface area contributed by atoms with Crippen LogP contribution < -0.4 is 15.8 Å². The molecule has 1 rings (SSSR count). The van der Waals surface area contributed by atoms with Gasteiger partial charge in [-0.1, -0.05) is 13.8 Å². The second-order valence-corrected chi connectivity index (χ2v) is 4.42. The van der Waals surface area contributed by atoms with E-state index in [2.05, 4.69) is 19.2 Å². The largest absolute Gasteiger partial charge is 0.496 e. The maximum absolute atomic E-state index is 13.1. The molecule has 1 atom stereocenters. The summed E-state index contributed by atoms with van der Waals surface area (Å²) in [6.07, 6.45) is 0. The van der Waals surface area contributed by atoms with E-state index < -0.39 is 0 Å². The summed E-state index contributed by atoms with van der Waals surface area (Å²) in [5.41, 5.74) is 6.48. The molecule has 3 N–H and O–H groups in total. The van der Waals surface area contributed by atoms with Gasteiger partial charge in [0.15, 0.2) is 0 Å². The van der Waals surface area contributed by atoms with Crippen LogP contribution in [0.2, 0.25) is 0 Å². The lowest BCUT2D eigenvalue weighted by Crippen LogP contribution is -2.39. The van der Waals surface area contributed by atoms with E-state index in [9.17, 15) is 4.39 Å². The van der Waals surface area contributed by atoms with Gasteiger partial charge in [0.2, 0.25) is 0 Å². The van der Waals surface area contributed by atoms with Crippen molar-refractivity contribution in [2.75, 3.05) is 13.7 Å². The van der Waals surface area contributed by atoms with Gasteiger partial charge < -0.3 is 15.8 Å². The van der Waals surface area contributed by atoms with Crippen LogP contribution in [0.25, 0.3) is 0 Å². The molecule has 0 radical (unpaired) electrons. The monoisotopic (exact) mass is 240 g/mol. The minimum absolute atomic E-state index is 0.225. The van der Waals surface area contributed by atoms with Crippen LogP contribution in [0.15, 0.2) is 18.2 Å². The first-order valence-electron chi connectivity index (χ1n) is 5.84. The number of ether oxygens (including phenoxy) is 1. The molecule has 1 aromatic rings. The highest BCUT2D eigenvalue weighted by Crippen LogP contribution is 2.19. The van der Waals surface area contributed by atoms with Crippen LogP contribution >= 0.6 is 0 Å². The second kappa shape index (κ2) is 6.57. The van der Waals surface area contributed by atoms with Crippen LogP contribution in [0, 0.1) is 11.7 Å². The van der Waals surface area contributed by atoms with Crippen molar-refractivity contribution in [3.63, 3.8) is 0 Å². The topological polar surface area (TPSA) is 47.3 Å². The van der Waals surface area contributed by atoms with Crippen LogP contribution in [0.5, 0.6) is 5.75 Å². The van der Waals surface area contributed by atoms with Crippen molar-refractivity contribution in [3.8, 4) is 5.75 Å². The molecule has 0 saturated heterocycles. The number of halogens is 1. The Morgan fingerprint density at radius 3 is 2.65 bits per heavy atom. The summed E-state index contributed by atoms with van der Waals surface area (Å²) < 4.78 is 18.3. The van der Waals surface area contributed by atoms with Gasteiger partial charge >= 0.3 is 0 Å². The van der Waals surface area contributed by atoms with Gasteiger partial charge in [-0.25, -0.2) is 4.39 Å². The average molecular weight is 240 g/mol. The SMILES string of the molecule is COc1ccc(F)cc1CNC(CN)C(C)C. The molecule has 0 aromatic heterocycles. The number of nitrogens with one attached hydrogen (secondary N) is 1. The van der Waals surface area contributed by atoms with Gasteiger partial charge in [-0.05, 0) is 24.1 Å². The van der Waals surface area contributed by atoms with E-state index in [-0.39, 0.29) is 11.9 Å². The number of rotatable bonds is 6. The van der Waals surface area contributed by atoms with Crippen molar-refractivity contribution in [1.29, 1.82) is 0 Å². The van der Waals surface area contributed by atoms with Crippen molar-refractivity contribution in [1.82, 2.24) is 5.32 Å². The van der Waals surface area contributed by atoms with Gasteiger partial charge in [0.05, 0.1) is 7.11 Å². The molecule has 0 aliphatic heterocycles. The molecule has 4 heteroatoms. The number of hydrogen-bond acceptors (Lipinski definition) is 3. The molecule has 1 aromatic carbocycles. The second-order valence-electron chi connectivity index (χ2n) is 4.42. The first-order chi connectivity index (χ1) is 8.08. The highest BCUT2D eigenvalue weighted by Gasteiger charge is 2.12. The number of hydrogen-bond donors (Lipinski definition) is 2. The third-order valence-electron chi connectivity index (χ3n) is 2.86. The third kappa shape index (κ3) is 3.98. The Bertz CT molecular complexity index is 355. The molecule has 96 valence electrons. The number of methoxy groups -OCH3 is 1. The molecule has 0 aliphatic carbocycles. The van der Waals surface area contributed by atoms with E-state index in [1.807, 2.05) is 0 Å². The predicted octanol–water partition coefficient (Wildman–Crippen LogP) is 1.91. The Balaban J connectivity index is 2.70. The van der Waals surface area contributed by atoms with E-state index in [4.69, 9.17) is 10.5 Å². The van der Waals surface area contributed by atoms with E-state index in [0.29, 0.717) is 24.8 Å². The normalized spacial score (nSPS) is 12.8. The predicted molar refractivity (Wildman–Crippen MR) is 67.5 cm³/mol. The fourth-order valence-corrected chi connectivity index (χ4v) is 1.72. The highest BCUT2D eigenvalue weighted by atomic mass is 19.1. The Morgan fingerprint density at radius 2 is 2.12 bits per heavy atom. The number of benzene rings is 1. The Labute approximate surface area is 102 Å². The molecule has 0 bridgehead atoms. The average Bonchev–Trinajstić information content (AvgIpc) is 2.29. The molecule has 3 nitrogen and oxygen atoms in total. The maximum atomic E-state index is 13.1. The van der Waals surface area contributed by atoms with Gasteiger partial charge in [0.1, 0.15) is 11.6 Å². The van der Waals surface area contributed by atoms with Crippen LogP contribution in [-0.2, 0) is 6.54 Å². The lowest BCUT2D eigenvalue weighted by Gasteiger charge is -2.21. The fraction of sp³-hybridized carbons (Fsp3) is 0.538. The van der Waals surface area contributed by atoms with E-state index >= 15 is 0 Å². The lowest BCUT2D eigenvalue weighted by atomic mass is 10.0. The molecule has 0 amide bonds. The van der Waals surface area contributed by atoms with Crippen molar-refractivity contribution in [3.05, 3.63) is 29.6 Å². The Kier molecular flexibility index (Phi) is 5.38. The number of nitrogens with two attached hydrogens (primary N) is 1. The molecule has 0 saturated carbocycles. The van der Waals surface area contributed by atoms with E-state index in [0.717, 1.165) is 5.56 Å². The van der Waals surface area contributed by atoms with E-state index in [1.54, 1.807) is 13.2 Å². The summed E-state index contributed by atoms with van der Waals surface area (Å²) in [5.74, 6) is 0.884. The summed E-state index contributed by atoms with van der Waals surface area (Å²) in [4.78, 5) is 0. The zero-order valence-corrected chi connectivity index (χ0v) is 10.7. The van der Waals surface area contributed by atoms with Crippen LogP contribution in [0.4, 0.5) is 4.39 Å². The first kappa shape index (κ1) is 13.9. The molecule has 17 heavy (non-hydrogen) atoms. The summed E-state index contributed by atoms with van der Waals surface area (Å²) >= 11 is 0. The van der Waals surface area contributed by atoms with Crippen LogP contribution in [0.3, 0.4) is 0 Å². The molecule has 0 heterocycles. The van der Waals surface area contributed by atoms with Gasteiger partial charge in [0.25, 0.3) is 0 Å². The van der Waals surface area contributed by atoms with Crippen molar-refractivity contribution in [2.24, 2.45) is 11.7 Å². The standard InChI is InChI=1S/C13H21FN2O/c1-9(2)12(7-15)16-8-10-6-11(14)4-5-13(10)17-3/h4-6,9,12,16H,7-8,15H2,1-3H3. The van der Waals surface area contributed by atoms with Gasteiger partial charge in [-0.3, -0.25) is 0 Å². The van der Waals surface area contributed by atoms with Gasteiger partial charge in [-0.15, -0.1) is 0 Å². The zero-order valence-electron chi connectivity index (χ0n) is 10.7. The molecule has 0 spiro atoms. The van der Waals surface area contributed by atoms with E-state index in [1.165, 1.54) is 12.1 Å². The lowest BCUT2D eigenvalue weighted by molar-refractivity contribution is 0.385. The molecule has 0 fully saturated rings. The van der Waals surface area contributed by atoms with Crippen molar-refractivity contribution < 1.29 is 9.13 Å². The first-order valence-corrected chi connectivity index (χ1v) is 5.84. The zero-order chi connectivity index (χ0) is 12.8. The third-order valence-corrected chi connectivity index (χ3v) is 2.86. The smallest absolute Gasteiger partial charge is 0.123 e. The van der Waals surface area contributed by atoms with Crippen molar-refractivity contribution in [2.45, 2.75) is 26.4 Å². The van der Waals surface area contributed by atoms with Crippen LogP contribution in [0.1, 0.15) is 19.4 Å². The summed E-state index contributed by atoms with van der Waals surface area (Å²) in [6, 6.07) is 4.74. The molecular weight excluding hydrogens is 219 g/mol. The summed E-state index contributed by atoms with van der Waals surface area (Å²) in [7, 11) is 1.58. The maximum Gasteiger partial charge on any atom is 0.123 e. The Hall–Kier alpha value is -1.13. The molecule has 0 aliphatic rings. The summed E-state index contributed by atoms with van der Waals surface area (Å²) in [6.45, 7) is 5.33. The van der Waals surface area contributed by atoms with Crippen molar-refractivity contribution >= 4 is 0 Å². The van der Waals surface area contributed by atoms with Gasteiger partial charge in [0, 0.05) is 24.7 Å². The fourth-order valence-electron chi connectivity index (χ4n) is 1.72. The summed E-state index contributed by atoms with van der Waals surface area (Å²) in [5, 5.41) is 3.32. The highest BCUT2D eigenvalue weighted by molar-refractivity contribution is 5.33. The van der Waals surface area contributed by atoms with Crippen LogP contribution in [-0.4, -0.2) is 19.7 Å².